The fourth-order valence-corrected chi connectivity index (χ4v) is 1.54. The maximum absolute atomic E-state index is 8.88. The Balaban J connectivity index is 2.83. The molecular weight excluding hydrogens is 207 g/mol. The molecule has 0 bridgehead atoms. The van der Waals surface area contributed by atoms with Gasteiger partial charge in [0.05, 0.1) is 10.0 Å². The van der Waals surface area contributed by atoms with Crippen LogP contribution in [0.25, 0.3) is 0 Å². The van der Waals surface area contributed by atoms with Gasteiger partial charge >= 0.3 is 0 Å². The van der Waals surface area contributed by atoms with Gasteiger partial charge in [-0.2, -0.15) is 0 Å². The molecule has 3 heteroatoms. The second kappa shape index (κ2) is 4.85. The first kappa shape index (κ1) is 10.8. The first-order chi connectivity index (χ1) is 6.15. The average Bonchev–Trinajstić information content (AvgIpc) is 2.13. The van der Waals surface area contributed by atoms with Gasteiger partial charge in [0.15, 0.2) is 0 Å². The van der Waals surface area contributed by atoms with Crippen LogP contribution in [0.2, 0.25) is 10.0 Å². The molecule has 72 valence electrons. The highest BCUT2D eigenvalue weighted by molar-refractivity contribution is 6.42. The van der Waals surface area contributed by atoms with Gasteiger partial charge in [0.1, 0.15) is 0 Å². The third kappa shape index (κ3) is 2.87. The predicted octanol–water partition coefficient (Wildman–Crippen LogP) is 3.16. The average molecular weight is 219 g/mol. The lowest BCUT2D eigenvalue weighted by Gasteiger charge is -2.09. The van der Waals surface area contributed by atoms with Crippen LogP contribution < -0.4 is 0 Å². The number of aliphatic hydroxyl groups is 1. The Hall–Kier alpha value is -0.240. The highest BCUT2D eigenvalue weighted by atomic mass is 35.5. The van der Waals surface area contributed by atoms with Gasteiger partial charge in [0.25, 0.3) is 0 Å². The minimum absolute atomic E-state index is 0.169. The first-order valence-electron chi connectivity index (χ1n) is 4.19. The van der Waals surface area contributed by atoms with E-state index in [0.717, 1.165) is 12.0 Å². The molecule has 1 aromatic carbocycles. The largest absolute Gasteiger partial charge is 0.396 e. The number of hydrogen-bond acceptors (Lipinski definition) is 1. The van der Waals surface area contributed by atoms with Gasteiger partial charge in [0, 0.05) is 6.61 Å². The van der Waals surface area contributed by atoms with E-state index in [9.17, 15) is 0 Å². The lowest BCUT2D eigenvalue weighted by atomic mass is 10.0. The van der Waals surface area contributed by atoms with Crippen molar-refractivity contribution < 1.29 is 5.11 Å². The summed E-state index contributed by atoms with van der Waals surface area (Å²) in [6.07, 6.45) is 0.760. The van der Waals surface area contributed by atoms with Gasteiger partial charge in [0.2, 0.25) is 0 Å². The molecular formula is C10H12Cl2O. The summed E-state index contributed by atoms with van der Waals surface area (Å²) in [5, 5.41) is 10.1. The van der Waals surface area contributed by atoms with Crippen LogP contribution in [0.3, 0.4) is 0 Å². The molecule has 13 heavy (non-hydrogen) atoms. The highest BCUT2D eigenvalue weighted by Gasteiger charge is 2.07. The van der Waals surface area contributed by atoms with Crippen molar-refractivity contribution in [1.29, 1.82) is 0 Å². The number of halogens is 2. The Morgan fingerprint density at radius 3 is 2.69 bits per heavy atom. The van der Waals surface area contributed by atoms with Crippen molar-refractivity contribution in [2.75, 3.05) is 6.61 Å². The second-order valence-corrected chi connectivity index (χ2v) is 3.99. The van der Waals surface area contributed by atoms with Crippen LogP contribution in [0.15, 0.2) is 18.2 Å². The molecule has 0 saturated carbocycles. The van der Waals surface area contributed by atoms with E-state index in [1.54, 1.807) is 6.07 Å². The minimum atomic E-state index is 0.169. The Bertz CT molecular complexity index is 286. The van der Waals surface area contributed by atoms with E-state index in [2.05, 4.69) is 0 Å². The standard InChI is InChI=1S/C10H12Cl2O/c1-7(6-13)5-8-3-2-4-9(11)10(8)12/h2-4,7,13H,5-6H2,1H3. The molecule has 0 radical (unpaired) electrons. The summed E-state index contributed by atoms with van der Waals surface area (Å²) in [6, 6.07) is 5.56. The number of aliphatic hydroxyl groups excluding tert-OH is 1. The van der Waals surface area contributed by atoms with Crippen LogP contribution >= 0.6 is 23.2 Å². The third-order valence-corrected chi connectivity index (χ3v) is 2.77. The Kier molecular flexibility index (Phi) is 4.04. The van der Waals surface area contributed by atoms with Crippen molar-refractivity contribution in [2.45, 2.75) is 13.3 Å². The van der Waals surface area contributed by atoms with E-state index >= 15 is 0 Å². The van der Waals surface area contributed by atoms with Crippen molar-refractivity contribution in [2.24, 2.45) is 5.92 Å². The predicted molar refractivity (Wildman–Crippen MR) is 56.4 cm³/mol. The third-order valence-electron chi connectivity index (χ3n) is 1.91. The van der Waals surface area contributed by atoms with E-state index in [1.165, 1.54) is 0 Å². The van der Waals surface area contributed by atoms with Gasteiger partial charge in [-0.1, -0.05) is 42.3 Å². The van der Waals surface area contributed by atoms with Gasteiger partial charge in [-0.15, -0.1) is 0 Å². The lowest BCUT2D eigenvalue weighted by molar-refractivity contribution is 0.237. The summed E-state index contributed by atoms with van der Waals surface area (Å²) < 4.78 is 0. The molecule has 0 heterocycles. The summed E-state index contributed by atoms with van der Waals surface area (Å²) >= 11 is 11.8. The zero-order chi connectivity index (χ0) is 9.84. The van der Waals surface area contributed by atoms with E-state index < -0.39 is 0 Å². The first-order valence-corrected chi connectivity index (χ1v) is 4.94. The molecule has 1 atom stereocenters. The van der Waals surface area contributed by atoms with E-state index in [0.29, 0.717) is 10.0 Å². The second-order valence-electron chi connectivity index (χ2n) is 3.20. The molecule has 1 aromatic rings. The smallest absolute Gasteiger partial charge is 0.0624 e. The maximum Gasteiger partial charge on any atom is 0.0624 e. The Morgan fingerprint density at radius 1 is 1.38 bits per heavy atom. The van der Waals surface area contributed by atoms with Crippen LogP contribution in [-0.4, -0.2) is 11.7 Å². The molecule has 0 spiro atoms. The Morgan fingerprint density at radius 2 is 2.08 bits per heavy atom. The van der Waals surface area contributed by atoms with Crippen molar-refractivity contribution in [3.63, 3.8) is 0 Å². The van der Waals surface area contributed by atoms with Crippen LogP contribution in [0.5, 0.6) is 0 Å². The molecule has 0 saturated heterocycles. The van der Waals surface area contributed by atoms with Crippen molar-refractivity contribution in [1.82, 2.24) is 0 Å². The molecule has 1 rings (SSSR count). The topological polar surface area (TPSA) is 20.2 Å². The normalized spacial score (nSPS) is 12.9. The van der Waals surface area contributed by atoms with Crippen molar-refractivity contribution in [3.05, 3.63) is 33.8 Å². The molecule has 1 N–H and O–H groups in total. The molecule has 0 aliphatic rings. The van der Waals surface area contributed by atoms with Crippen molar-refractivity contribution in [3.8, 4) is 0 Å². The van der Waals surface area contributed by atoms with Crippen LogP contribution in [0, 0.1) is 5.92 Å². The van der Waals surface area contributed by atoms with E-state index in [1.807, 2.05) is 19.1 Å². The quantitative estimate of drug-likeness (QED) is 0.827. The highest BCUT2D eigenvalue weighted by Crippen LogP contribution is 2.27. The molecule has 0 fully saturated rings. The maximum atomic E-state index is 8.88. The fraction of sp³-hybridized carbons (Fsp3) is 0.400. The summed E-state index contributed by atoms with van der Waals surface area (Å²) in [7, 11) is 0. The molecule has 0 aromatic heterocycles. The van der Waals surface area contributed by atoms with Gasteiger partial charge in [-0.05, 0) is 24.0 Å². The fourth-order valence-electron chi connectivity index (χ4n) is 1.15. The minimum Gasteiger partial charge on any atom is -0.396 e. The number of rotatable bonds is 3. The monoisotopic (exact) mass is 218 g/mol. The summed E-state index contributed by atoms with van der Waals surface area (Å²) in [5.41, 5.74) is 0.996. The molecule has 0 aliphatic carbocycles. The van der Waals surface area contributed by atoms with Crippen LogP contribution in [-0.2, 0) is 6.42 Å². The summed E-state index contributed by atoms with van der Waals surface area (Å²) in [5.74, 6) is 0.218. The number of benzene rings is 1. The Labute approximate surface area is 88.3 Å². The van der Waals surface area contributed by atoms with Crippen LogP contribution in [0.4, 0.5) is 0 Å². The van der Waals surface area contributed by atoms with Crippen molar-refractivity contribution >= 4 is 23.2 Å². The van der Waals surface area contributed by atoms with E-state index in [-0.39, 0.29) is 12.5 Å². The number of hydrogen-bond donors (Lipinski definition) is 1. The molecule has 1 unspecified atom stereocenters. The van der Waals surface area contributed by atoms with Gasteiger partial charge in [-0.25, -0.2) is 0 Å². The zero-order valence-electron chi connectivity index (χ0n) is 7.43. The zero-order valence-corrected chi connectivity index (χ0v) is 8.94. The lowest BCUT2D eigenvalue weighted by Crippen LogP contribution is -2.04. The molecule has 0 amide bonds. The van der Waals surface area contributed by atoms with Gasteiger partial charge < -0.3 is 5.11 Å². The molecule has 1 nitrogen and oxygen atoms in total. The SMILES string of the molecule is CC(CO)Cc1cccc(Cl)c1Cl. The van der Waals surface area contributed by atoms with E-state index in [4.69, 9.17) is 28.3 Å². The van der Waals surface area contributed by atoms with Crippen LogP contribution in [0.1, 0.15) is 12.5 Å². The summed E-state index contributed by atoms with van der Waals surface area (Å²) in [6.45, 7) is 2.14. The summed E-state index contributed by atoms with van der Waals surface area (Å²) in [4.78, 5) is 0. The van der Waals surface area contributed by atoms with Gasteiger partial charge in [-0.3, -0.25) is 0 Å². The molecule has 0 aliphatic heterocycles.